The highest BCUT2D eigenvalue weighted by atomic mass is 16.2. The molecule has 0 aliphatic carbocycles. The van der Waals surface area contributed by atoms with E-state index in [1.807, 2.05) is 34.2 Å². The molecule has 5 rings (SSSR count). The van der Waals surface area contributed by atoms with Crippen LogP contribution in [-0.4, -0.2) is 76.0 Å². The molecule has 0 spiro atoms. The number of urea groups is 1. The van der Waals surface area contributed by atoms with E-state index >= 15 is 0 Å². The summed E-state index contributed by atoms with van der Waals surface area (Å²) < 4.78 is 1.73. The summed E-state index contributed by atoms with van der Waals surface area (Å²) in [4.78, 5) is 31.0. The van der Waals surface area contributed by atoms with Crippen LogP contribution in [0.4, 0.5) is 4.79 Å². The van der Waals surface area contributed by atoms with Gasteiger partial charge in [0.1, 0.15) is 0 Å². The van der Waals surface area contributed by atoms with Crippen LogP contribution in [0.25, 0.3) is 5.52 Å². The van der Waals surface area contributed by atoms with E-state index in [9.17, 15) is 9.59 Å². The number of rotatable bonds is 1. The molecule has 2 aromatic rings. The van der Waals surface area contributed by atoms with Crippen molar-refractivity contribution >= 4 is 17.5 Å². The average Bonchev–Trinajstić information content (AvgIpc) is 2.82. The molecule has 0 aromatic carbocycles. The Morgan fingerprint density at radius 1 is 1.16 bits per heavy atom. The van der Waals surface area contributed by atoms with E-state index < -0.39 is 0 Å². The third-order valence-electron chi connectivity index (χ3n) is 5.28. The summed E-state index contributed by atoms with van der Waals surface area (Å²) in [7, 11) is 3.55. The Morgan fingerprint density at radius 3 is 2.80 bits per heavy atom. The van der Waals surface area contributed by atoms with Gasteiger partial charge in [-0.15, -0.1) is 0 Å². The maximum atomic E-state index is 13.2. The van der Waals surface area contributed by atoms with E-state index in [0.29, 0.717) is 24.6 Å². The Bertz CT molecular complexity index is 815. The van der Waals surface area contributed by atoms with Crippen molar-refractivity contribution in [3.8, 4) is 0 Å². The highest BCUT2D eigenvalue weighted by molar-refractivity contribution is 6.00. The molecular weight excluding hydrogens is 318 g/mol. The summed E-state index contributed by atoms with van der Waals surface area (Å²) in [5.41, 5.74) is 1.47. The van der Waals surface area contributed by atoms with Gasteiger partial charge in [-0.1, -0.05) is 6.07 Å². The first-order chi connectivity index (χ1) is 12.0. The van der Waals surface area contributed by atoms with Gasteiger partial charge in [0.25, 0.3) is 5.91 Å². The molecule has 3 aliphatic heterocycles. The smallest absolute Gasteiger partial charge is 0.319 e. The van der Waals surface area contributed by atoms with Gasteiger partial charge in [0, 0.05) is 46.0 Å². The SMILES string of the molecule is CN(C)C(=O)N1C[C@H]2CC[C@@H](C1)N(C(=O)c1cnn3ccccc13)C2. The molecule has 3 amide bonds. The van der Waals surface area contributed by atoms with Crippen molar-refractivity contribution < 1.29 is 9.59 Å². The van der Waals surface area contributed by atoms with Crippen LogP contribution in [0, 0.1) is 5.92 Å². The van der Waals surface area contributed by atoms with Gasteiger partial charge in [-0.25, -0.2) is 9.31 Å². The quantitative estimate of drug-likeness (QED) is 0.791. The van der Waals surface area contributed by atoms with Gasteiger partial charge in [0.15, 0.2) is 0 Å². The van der Waals surface area contributed by atoms with Crippen LogP contribution in [0.1, 0.15) is 23.2 Å². The lowest BCUT2D eigenvalue weighted by atomic mass is 9.94. The van der Waals surface area contributed by atoms with Crippen LogP contribution in [0.15, 0.2) is 30.6 Å². The van der Waals surface area contributed by atoms with Crippen LogP contribution >= 0.6 is 0 Å². The topological polar surface area (TPSA) is 61.2 Å². The van der Waals surface area contributed by atoms with Crippen molar-refractivity contribution in [1.82, 2.24) is 24.3 Å². The lowest BCUT2D eigenvalue weighted by Gasteiger charge is -2.36. The molecular formula is C18H23N5O2. The van der Waals surface area contributed by atoms with Crippen LogP contribution < -0.4 is 0 Å². The maximum absolute atomic E-state index is 13.2. The Kier molecular flexibility index (Phi) is 3.86. The normalized spacial score (nSPS) is 23.0. The Hall–Kier alpha value is -2.57. The van der Waals surface area contributed by atoms with Gasteiger partial charge >= 0.3 is 6.03 Å². The van der Waals surface area contributed by atoms with E-state index in [0.717, 1.165) is 24.9 Å². The number of hydrogen-bond donors (Lipinski definition) is 0. The molecule has 2 bridgehead atoms. The van der Waals surface area contributed by atoms with Gasteiger partial charge in [0.05, 0.1) is 17.3 Å². The molecule has 0 saturated carbocycles. The summed E-state index contributed by atoms with van der Waals surface area (Å²) in [6, 6.07) is 5.83. The fourth-order valence-corrected chi connectivity index (χ4v) is 4.02. The van der Waals surface area contributed by atoms with Crippen molar-refractivity contribution in [1.29, 1.82) is 0 Å². The van der Waals surface area contributed by atoms with Crippen LogP contribution in [-0.2, 0) is 0 Å². The molecule has 25 heavy (non-hydrogen) atoms. The number of aromatic nitrogens is 2. The molecule has 0 N–H and O–H groups in total. The third-order valence-corrected chi connectivity index (χ3v) is 5.28. The molecule has 2 aromatic heterocycles. The number of fused-ring (bicyclic) bond motifs is 5. The predicted molar refractivity (Wildman–Crippen MR) is 93.4 cm³/mol. The van der Waals surface area contributed by atoms with Gasteiger partial charge < -0.3 is 14.7 Å². The van der Waals surface area contributed by atoms with E-state index in [4.69, 9.17) is 0 Å². The maximum Gasteiger partial charge on any atom is 0.319 e. The fraction of sp³-hybridized carbons (Fsp3) is 0.500. The predicted octanol–water partition coefficient (Wildman–Crippen LogP) is 1.55. The van der Waals surface area contributed by atoms with Crippen molar-refractivity contribution in [3.05, 3.63) is 36.2 Å². The summed E-state index contributed by atoms with van der Waals surface area (Å²) >= 11 is 0. The molecule has 7 heteroatoms. The molecule has 0 radical (unpaired) electrons. The minimum absolute atomic E-state index is 0.0232. The van der Waals surface area contributed by atoms with Crippen LogP contribution in [0.5, 0.6) is 0 Å². The van der Waals surface area contributed by atoms with Gasteiger partial charge in [0.2, 0.25) is 0 Å². The lowest BCUT2D eigenvalue weighted by Crippen LogP contribution is -2.48. The summed E-state index contributed by atoms with van der Waals surface area (Å²) in [5.74, 6) is 0.364. The highest BCUT2D eigenvalue weighted by Gasteiger charge is 2.39. The molecule has 132 valence electrons. The molecule has 3 saturated heterocycles. The van der Waals surface area contributed by atoms with E-state index in [1.165, 1.54) is 0 Å². The first kappa shape index (κ1) is 15.9. The Morgan fingerprint density at radius 2 is 2.00 bits per heavy atom. The number of carbonyl (C=O) groups excluding carboxylic acids is 2. The summed E-state index contributed by atoms with van der Waals surface area (Å²) in [6.45, 7) is 2.05. The van der Waals surface area contributed by atoms with Crippen molar-refractivity contribution in [3.63, 3.8) is 0 Å². The number of amides is 3. The molecule has 2 atom stereocenters. The largest absolute Gasteiger partial charge is 0.333 e. The number of nitrogens with zero attached hydrogens (tertiary/aromatic N) is 5. The molecule has 3 aliphatic rings. The van der Waals surface area contributed by atoms with Crippen LogP contribution in [0.2, 0.25) is 0 Å². The molecule has 0 unspecified atom stereocenters. The zero-order valence-electron chi connectivity index (χ0n) is 14.6. The monoisotopic (exact) mass is 341 g/mol. The number of carbonyl (C=O) groups is 2. The number of piperidine rings is 1. The Labute approximate surface area is 146 Å². The highest BCUT2D eigenvalue weighted by Crippen LogP contribution is 2.30. The van der Waals surface area contributed by atoms with Gasteiger partial charge in [-0.3, -0.25) is 4.79 Å². The van der Waals surface area contributed by atoms with E-state index in [2.05, 4.69) is 5.10 Å². The number of pyridine rings is 1. The molecule has 5 heterocycles. The van der Waals surface area contributed by atoms with E-state index in [1.54, 1.807) is 29.7 Å². The average molecular weight is 341 g/mol. The van der Waals surface area contributed by atoms with Crippen molar-refractivity contribution in [2.24, 2.45) is 5.92 Å². The summed E-state index contributed by atoms with van der Waals surface area (Å²) in [6.07, 6.45) is 5.52. The first-order valence-corrected chi connectivity index (χ1v) is 8.74. The van der Waals surface area contributed by atoms with E-state index in [-0.39, 0.29) is 18.0 Å². The second-order valence-electron chi connectivity index (χ2n) is 7.23. The second-order valence-corrected chi connectivity index (χ2v) is 7.23. The zero-order valence-corrected chi connectivity index (χ0v) is 14.6. The van der Waals surface area contributed by atoms with Crippen LogP contribution in [0.3, 0.4) is 0 Å². The fourth-order valence-electron chi connectivity index (χ4n) is 4.02. The minimum atomic E-state index is 0.0232. The zero-order chi connectivity index (χ0) is 17.6. The standard InChI is InChI=1S/C18H23N5O2/c1-20(2)18(25)21-10-13-6-7-14(12-21)22(11-13)17(24)15-9-19-23-8-4-3-5-16(15)23/h3-5,8-9,13-14H,6-7,10-12H2,1-2H3/t13-,14+/m1/s1. The van der Waals surface area contributed by atoms with Gasteiger partial charge in [-0.05, 0) is 30.9 Å². The van der Waals surface area contributed by atoms with Crippen molar-refractivity contribution in [2.75, 3.05) is 33.7 Å². The number of hydrogen-bond acceptors (Lipinski definition) is 3. The molecule has 7 nitrogen and oxygen atoms in total. The second kappa shape index (κ2) is 6.06. The summed E-state index contributed by atoms with van der Waals surface area (Å²) in [5, 5.41) is 4.28. The first-order valence-electron chi connectivity index (χ1n) is 8.74. The van der Waals surface area contributed by atoms with Crippen molar-refractivity contribution in [2.45, 2.75) is 18.9 Å². The third kappa shape index (κ3) is 2.73. The Balaban J connectivity index is 1.61. The lowest BCUT2D eigenvalue weighted by molar-refractivity contribution is 0.0587. The molecule has 3 fully saturated rings. The van der Waals surface area contributed by atoms with Gasteiger partial charge in [-0.2, -0.15) is 5.10 Å². The minimum Gasteiger partial charge on any atom is -0.333 e.